The lowest BCUT2D eigenvalue weighted by atomic mass is 9.79. The number of alkyl halides is 2. The van der Waals surface area contributed by atoms with Gasteiger partial charge in [-0.15, -0.1) is 0 Å². The van der Waals surface area contributed by atoms with E-state index in [4.69, 9.17) is 25.6 Å². The lowest BCUT2D eigenvalue weighted by Gasteiger charge is -2.32. The van der Waals surface area contributed by atoms with E-state index >= 15 is 0 Å². The third-order valence-corrected chi connectivity index (χ3v) is 6.47. The van der Waals surface area contributed by atoms with E-state index in [-0.39, 0.29) is 34.1 Å². The van der Waals surface area contributed by atoms with E-state index in [0.29, 0.717) is 10.0 Å². The Balaban J connectivity index is 1.73. The number of hydrogen-bond donors (Lipinski definition) is 1. The molecule has 1 fully saturated rings. The smallest absolute Gasteiger partial charge is 0.488 e. The molecule has 1 unspecified atom stereocenters. The summed E-state index contributed by atoms with van der Waals surface area (Å²) in [5.41, 5.74) is -1.61. The minimum absolute atomic E-state index is 0.0909. The van der Waals surface area contributed by atoms with Crippen molar-refractivity contribution in [1.82, 2.24) is 14.5 Å². The van der Waals surface area contributed by atoms with Crippen LogP contribution in [-0.4, -0.2) is 44.6 Å². The highest BCUT2D eigenvalue weighted by atomic mass is 35.5. The predicted molar refractivity (Wildman–Crippen MR) is 121 cm³/mol. The number of aliphatic hydroxyl groups is 1. The van der Waals surface area contributed by atoms with Crippen LogP contribution in [0.15, 0.2) is 36.8 Å². The van der Waals surface area contributed by atoms with E-state index < -0.39 is 30.5 Å². The van der Waals surface area contributed by atoms with Gasteiger partial charge < -0.3 is 19.2 Å². The highest BCUT2D eigenvalue weighted by molar-refractivity contribution is 6.62. The standard InChI is InChI=1S/C22H25BClF2N3O4/c1-20(2)21(3,4)33-23(32-20)13-9-15-17(29(12-28-15)19(25)26)16(10-13)31-11-22(5,30)18-14(24)7-6-8-27-18/h6-10,12,19,30H,11H2,1-5H3. The third kappa shape index (κ3) is 4.32. The Morgan fingerprint density at radius 3 is 2.48 bits per heavy atom. The van der Waals surface area contributed by atoms with Crippen LogP contribution in [0.25, 0.3) is 11.0 Å². The van der Waals surface area contributed by atoms with Crippen molar-refractivity contribution < 1.29 is 27.9 Å². The molecular formula is C22H25BClF2N3O4. The highest BCUT2D eigenvalue weighted by Gasteiger charge is 2.52. The summed E-state index contributed by atoms with van der Waals surface area (Å²) in [7, 11) is -0.746. The second-order valence-corrected chi connectivity index (χ2v) is 9.71. The van der Waals surface area contributed by atoms with Crippen molar-refractivity contribution >= 4 is 35.2 Å². The minimum atomic E-state index is -2.83. The Bertz CT molecular complexity index is 1170. The van der Waals surface area contributed by atoms with E-state index in [1.165, 1.54) is 13.1 Å². The number of fused-ring (bicyclic) bond motifs is 1. The van der Waals surface area contributed by atoms with Crippen LogP contribution in [0.1, 0.15) is 46.9 Å². The molecule has 1 N–H and O–H groups in total. The number of hydrogen-bond acceptors (Lipinski definition) is 6. The fourth-order valence-electron chi connectivity index (χ4n) is 3.60. The fourth-order valence-corrected chi connectivity index (χ4v) is 3.92. The van der Waals surface area contributed by atoms with Crippen LogP contribution in [0.3, 0.4) is 0 Å². The quantitative estimate of drug-likeness (QED) is 0.537. The topological polar surface area (TPSA) is 78.6 Å². The lowest BCUT2D eigenvalue weighted by Crippen LogP contribution is -2.41. The van der Waals surface area contributed by atoms with Gasteiger partial charge in [-0.2, -0.15) is 8.78 Å². The Labute approximate surface area is 195 Å². The first-order valence-corrected chi connectivity index (χ1v) is 10.8. The van der Waals surface area contributed by atoms with Crippen molar-refractivity contribution in [2.75, 3.05) is 6.61 Å². The molecule has 3 aromatic rings. The van der Waals surface area contributed by atoms with Crippen molar-refractivity contribution in [2.24, 2.45) is 0 Å². The summed E-state index contributed by atoms with van der Waals surface area (Å²) in [5, 5.41) is 11.2. The van der Waals surface area contributed by atoms with E-state index in [1.54, 1.807) is 24.3 Å². The molecule has 0 spiro atoms. The molecule has 2 aromatic heterocycles. The Morgan fingerprint density at radius 2 is 1.88 bits per heavy atom. The van der Waals surface area contributed by atoms with Crippen molar-refractivity contribution in [3.63, 3.8) is 0 Å². The Morgan fingerprint density at radius 1 is 1.21 bits per heavy atom. The SMILES string of the molecule is CC(O)(COc1cc(B2OC(C)(C)C(C)(C)O2)cc2ncn(C(F)F)c12)c1ncccc1Cl. The maximum absolute atomic E-state index is 13.6. The minimum Gasteiger partial charge on any atom is -0.488 e. The van der Waals surface area contributed by atoms with Crippen molar-refractivity contribution in [3.05, 3.63) is 47.5 Å². The zero-order valence-electron chi connectivity index (χ0n) is 19.0. The second kappa shape index (κ2) is 8.20. The van der Waals surface area contributed by atoms with Crippen LogP contribution in [-0.2, 0) is 14.9 Å². The number of imidazole rings is 1. The zero-order valence-corrected chi connectivity index (χ0v) is 19.7. The number of halogens is 3. The molecule has 4 rings (SSSR count). The molecule has 1 aromatic carbocycles. The molecule has 0 amide bonds. The van der Waals surface area contributed by atoms with Gasteiger partial charge in [0.1, 0.15) is 29.8 Å². The number of pyridine rings is 1. The van der Waals surface area contributed by atoms with Crippen LogP contribution in [0.5, 0.6) is 5.75 Å². The van der Waals surface area contributed by atoms with Gasteiger partial charge in [0.25, 0.3) is 0 Å². The van der Waals surface area contributed by atoms with Gasteiger partial charge in [-0.05, 0) is 64.3 Å². The molecule has 0 saturated carbocycles. The molecule has 33 heavy (non-hydrogen) atoms. The third-order valence-electron chi connectivity index (χ3n) is 6.17. The summed E-state index contributed by atoms with van der Waals surface area (Å²) >= 11 is 6.18. The summed E-state index contributed by atoms with van der Waals surface area (Å²) < 4.78 is 46.1. The predicted octanol–water partition coefficient (Wildman–Crippen LogP) is 4.07. The maximum Gasteiger partial charge on any atom is 0.495 e. The van der Waals surface area contributed by atoms with Crippen molar-refractivity contribution in [1.29, 1.82) is 0 Å². The Hall–Kier alpha value is -2.27. The van der Waals surface area contributed by atoms with Crippen LogP contribution < -0.4 is 10.2 Å². The van der Waals surface area contributed by atoms with Gasteiger partial charge >= 0.3 is 13.7 Å². The molecule has 1 atom stereocenters. The number of nitrogens with zero attached hydrogens (tertiary/aromatic N) is 3. The van der Waals surface area contributed by atoms with Crippen LogP contribution in [0.2, 0.25) is 5.02 Å². The average molecular weight is 480 g/mol. The summed E-state index contributed by atoms with van der Waals surface area (Å²) in [6.45, 7) is 6.04. The van der Waals surface area contributed by atoms with Gasteiger partial charge in [0.05, 0.1) is 27.4 Å². The monoisotopic (exact) mass is 479 g/mol. The van der Waals surface area contributed by atoms with Gasteiger partial charge in [0.2, 0.25) is 0 Å². The van der Waals surface area contributed by atoms with E-state index in [1.807, 2.05) is 27.7 Å². The summed E-state index contributed by atoms with van der Waals surface area (Å²) in [5.74, 6) is 0.0994. The van der Waals surface area contributed by atoms with E-state index in [9.17, 15) is 13.9 Å². The number of aromatic nitrogens is 3. The van der Waals surface area contributed by atoms with Gasteiger partial charge in [-0.1, -0.05) is 11.6 Å². The maximum atomic E-state index is 13.6. The van der Waals surface area contributed by atoms with Gasteiger partial charge in [-0.3, -0.25) is 9.55 Å². The normalized spacial score (nSPS) is 19.3. The molecule has 1 aliphatic rings. The number of benzene rings is 1. The Kier molecular flexibility index (Phi) is 5.93. The second-order valence-electron chi connectivity index (χ2n) is 9.30. The van der Waals surface area contributed by atoms with Gasteiger partial charge in [0.15, 0.2) is 0 Å². The summed E-state index contributed by atoms with van der Waals surface area (Å²) in [4.78, 5) is 8.25. The molecule has 0 bridgehead atoms. The number of rotatable bonds is 6. The number of ether oxygens (including phenoxy) is 1. The molecule has 1 aliphatic heterocycles. The van der Waals surface area contributed by atoms with Gasteiger partial charge in [-0.25, -0.2) is 4.98 Å². The molecule has 7 nitrogen and oxygen atoms in total. The van der Waals surface area contributed by atoms with Gasteiger partial charge in [0, 0.05) is 6.20 Å². The molecule has 176 valence electrons. The van der Waals surface area contributed by atoms with Crippen LogP contribution in [0.4, 0.5) is 8.78 Å². The van der Waals surface area contributed by atoms with Crippen LogP contribution >= 0.6 is 11.6 Å². The molecule has 1 saturated heterocycles. The average Bonchev–Trinajstić information content (AvgIpc) is 3.24. The molecule has 3 heterocycles. The molecule has 0 aliphatic carbocycles. The zero-order chi connectivity index (χ0) is 24.2. The molecule has 0 radical (unpaired) electrons. The van der Waals surface area contributed by atoms with Crippen molar-refractivity contribution in [2.45, 2.75) is 58.0 Å². The van der Waals surface area contributed by atoms with E-state index in [0.717, 1.165) is 6.33 Å². The first-order chi connectivity index (χ1) is 15.3. The largest absolute Gasteiger partial charge is 0.495 e. The molecule has 11 heteroatoms. The first-order valence-electron chi connectivity index (χ1n) is 10.4. The molecular weight excluding hydrogens is 455 g/mol. The first kappa shape index (κ1) is 23.9. The van der Waals surface area contributed by atoms with E-state index in [2.05, 4.69) is 9.97 Å². The summed E-state index contributed by atoms with van der Waals surface area (Å²) in [6, 6.07) is 6.45. The highest BCUT2D eigenvalue weighted by Crippen LogP contribution is 2.38. The summed E-state index contributed by atoms with van der Waals surface area (Å²) in [6.07, 6.45) is 2.54. The van der Waals surface area contributed by atoms with Crippen molar-refractivity contribution in [3.8, 4) is 5.75 Å². The lowest BCUT2D eigenvalue weighted by molar-refractivity contribution is 0.00414. The van der Waals surface area contributed by atoms with Crippen LogP contribution in [0, 0.1) is 0 Å². The fraction of sp³-hybridized carbons (Fsp3) is 0.455.